The van der Waals surface area contributed by atoms with Gasteiger partial charge >= 0.3 is 0 Å². The van der Waals surface area contributed by atoms with Gasteiger partial charge in [0.05, 0.1) is 24.9 Å². The van der Waals surface area contributed by atoms with Crippen LogP contribution in [-0.4, -0.2) is 26.8 Å². The van der Waals surface area contributed by atoms with Crippen LogP contribution in [0.5, 0.6) is 17.2 Å². The van der Waals surface area contributed by atoms with Gasteiger partial charge < -0.3 is 24.3 Å². The molecule has 1 saturated heterocycles. The molecule has 206 valence electrons. The number of hydrogen-bond donors (Lipinski definition) is 1. The van der Waals surface area contributed by atoms with Gasteiger partial charge in [0.25, 0.3) is 0 Å². The number of anilines is 1. The molecule has 0 radical (unpaired) electrons. The summed E-state index contributed by atoms with van der Waals surface area (Å²) in [6.07, 6.45) is 3.73. The lowest BCUT2D eigenvalue weighted by Crippen LogP contribution is -2.29. The molecule has 0 amide bonds. The molecular formula is C33H31N5O2S. The Hall–Kier alpha value is -4.69. The first-order valence-electron chi connectivity index (χ1n) is 13.5. The SMILES string of the molecule is COc1ccc(Oc2ccc(N3C(=S)N[C@H](c4ccccn4)[C@@H]3c3cc(C)n(-c4ccc(C)cn4)c3C)cc2)cc1. The molecule has 1 aliphatic heterocycles. The minimum atomic E-state index is -0.140. The first-order valence-corrected chi connectivity index (χ1v) is 13.9. The van der Waals surface area contributed by atoms with E-state index in [-0.39, 0.29) is 12.1 Å². The van der Waals surface area contributed by atoms with Crippen LogP contribution in [0.1, 0.15) is 40.3 Å². The van der Waals surface area contributed by atoms with Gasteiger partial charge in [-0.05, 0) is 117 Å². The number of nitrogens with one attached hydrogen (secondary N) is 1. The van der Waals surface area contributed by atoms with Crippen molar-refractivity contribution in [3.63, 3.8) is 0 Å². The molecule has 3 aromatic heterocycles. The van der Waals surface area contributed by atoms with Crippen LogP contribution in [0.15, 0.2) is 97.3 Å². The lowest BCUT2D eigenvalue weighted by Gasteiger charge is -2.28. The van der Waals surface area contributed by atoms with E-state index in [9.17, 15) is 0 Å². The maximum absolute atomic E-state index is 6.08. The molecule has 1 N–H and O–H groups in total. The van der Waals surface area contributed by atoms with Gasteiger partial charge in [-0.15, -0.1) is 0 Å². The Morgan fingerprint density at radius 1 is 0.829 bits per heavy atom. The van der Waals surface area contributed by atoms with Crippen LogP contribution in [0.2, 0.25) is 0 Å². The Labute approximate surface area is 245 Å². The van der Waals surface area contributed by atoms with Gasteiger partial charge in [-0.3, -0.25) is 4.98 Å². The van der Waals surface area contributed by atoms with Gasteiger partial charge in [-0.25, -0.2) is 4.98 Å². The van der Waals surface area contributed by atoms with Crippen molar-refractivity contribution in [2.75, 3.05) is 12.0 Å². The van der Waals surface area contributed by atoms with Crippen LogP contribution >= 0.6 is 12.2 Å². The maximum Gasteiger partial charge on any atom is 0.174 e. The van der Waals surface area contributed by atoms with E-state index in [0.29, 0.717) is 5.11 Å². The molecule has 41 heavy (non-hydrogen) atoms. The van der Waals surface area contributed by atoms with Crippen LogP contribution in [-0.2, 0) is 0 Å². The molecule has 0 unspecified atom stereocenters. The Bertz CT molecular complexity index is 1670. The largest absolute Gasteiger partial charge is 0.497 e. The van der Waals surface area contributed by atoms with Gasteiger partial charge in [-0.2, -0.15) is 0 Å². The third kappa shape index (κ3) is 5.14. The number of aromatic nitrogens is 3. The maximum atomic E-state index is 6.08. The molecule has 6 rings (SSSR count). The normalized spacial score (nSPS) is 16.5. The average Bonchev–Trinajstić information content (AvgIpc) is 3.49. The predicted molar refractivity (Wildman–Crippen MR) is 165 cm³/mol. The van der Waals surface area contributed by atoms with E-state index in [0.717, 1.165) is 57.0 Å². The number of hydrogen-bond acceptors (Lipinski definition) is 5. The molecule has 2 aromatic carbocycles. The van der Waals surface area contributed by atoms with E-state index >= 15 is 0 Å². The second-order valence-corrected chi connectivity index (χ2v) is 10.5. The van der Waals surface area contributed by atoms with Gasteiger partial charge in [0.2, 0.25) is 0 Å². The molecule has 2 atom stereocenters. The van der Waals surface area contributed by atoms with Crippen molar-refractivity contribution in [1.29, 1.82) is 0 Å². The van der Waals surface area contributed by atoms with Crippen molar-refractivity contribution in [1.82, 2.24) is 19.9 Å². The lowest BCUT2D eigenvalue weighted by molar-refractivity contribution is 0.413. The molecule has 0 saturated carbocycles. The van der Waals surface area contributed by atoms with Crippen LogP contribution < -0.4 is 19.7 Å². The van der Waals surface area contributed by atoms with Crippen molar-refractivity contribution in [3.8, 4) is 23.1 Å². The monoisotopic (exact) mass is 561 g/mol. The fourth-order valence-electron chi connectivity index (χ4n) is 5.44. The van der Waals surface area contributed by atoms with Gasteiger partial charge in [0.15, 0.2) is 5.11 Å². The van der Waals surface area contributed by atoms with E-state index in [1.54, 1.807) is 7.11 Å². The smallest absolute Gasteiger partial charge is 0.174 e. The van der Waals surface area contributed by atoms with E-state index in [1.807, 2.05) is 86.0 Å². The fourth-order valence-corrected chi connectivity index (χ4v) is 5.78. The second-order valence-electron chi connectivity index (χ2n) is 10.1. The summed E-state index contributed by atoms with van der Waals surface area (Å²) in [5.74, 6) is 3.15. The number of methoxy groups -OCH3 is 1. The van der Waals surface area contributed by atoms with Crippen molar-refractivity contribution in [3.05, 3.63) is 126 Å². The van der Waals surface area contributed by atoms with Crippen molar-refractivity contribution in [2.45, 2.75) is 32.9 Å². The molecule has 7 nitrogen and oxygen atoms in total. The third-order valence-corrected chi connectivity index (χ3v) is 7.74. The molecule has 0 spiro atoms. The molecule has 1 fully saturated rings. The van der Waals surface area contributed by atoms with Gasteiger partial charge in [0.1, 0.15) is 23.1 Å². The molecule has 4 heterocycles. The second kappa shape index (κ2) is 11.1. The summed E-state index contributed by atoms with van der Waals surface area (Å²) in [5, 5.41) is 4.21. The fraction of sp³-hybridized carbons (Fsp3) is 0.182. The lowest BCUT2D eigenvalue weighted by atomic mass is 9.96. The number of benzene rings is 2. The summed E-state index contributed by atoms with van der Waals surface area (Å²) < 4.78 is 13.5. The summed E-state index contributed by atoms with van der Waals surface area (Å²) in [4.78, 5) is 11.6. The van der Waals surface area contributed by atoms with E-state index in [2.05, 4.69) is 46.8 Å². The number of thiocarbonyl (C=S) groups is 1. The zero-order valence-electron chi connectivity index (χ0n) is 23.4. The van der Waals surface area contributed by atoms with Crippen molar-refractivity contribution in [2.24, 2.45) is 0 Å². The predicted octanol–water partition coefficient (Wildman–Crippen LogP) is 7.17. The number of rotatable bonds is 7. The molecular weight excluding hydrogens is 530 g/mol. The summed E-state index contributed by atoms with van der Waals surface area (Å²) in [6, 6.07) is 27.7. The molecule has 5 aromatic rings. The van der Waals surface area contributed by atoms with Crippen LogP contribution in [0.25, 0.3) is 5.82 Å². The van der Waals surface area contributed by atoms with Crippen molar-refractivity contribution < 1.29 is 9.47 Å². The highest BCUT2D eigenvalue weighted by molar-refractivity contribution is 7.80. The molecule has 0 aliphatic carbocycles. The van der Waals surface area contributed by atoms with E-state index < -0.39 is 0 Å². The topological polar surface area (TPSA) is 64.4 Å². The minimum absolute atomic E-state index is 0.129. The number of ether oxygens (including phenoxy) is 2. The molecule has 0 bridgehead atoms. The van der Waals surface area contributed by atoms with Gasteiger partial charge in [0, 0.05) is 29.5 Å². The highest BCUT2D eigenvalue weighted by Gasteiger charge is 2.42. The van der Waals surface area contributed by atoms with E-state index in [4.69, 9.17) is 31.7 Å². The third-order valence-electron chi connectivity index (χ3n) is 7.42. The summed E-state index contributed by atoms with van der Waals surface area (Å²) >= 11 is 5.95. The first kappa shape index (κ1) is 26.5. The van der Waals surface area contributed by atoms with Crippen molar-refractivity contribution >= 4 is 23.0 Å². The first-order chi connectivity index (χ1) is 19.9. The zero-order chi connectivity index (χ0) is 28.5. The molecule has 8 heteroatoms. The van der Waals surface area contributed by atoms with Crippen LogP contribution in [0.3, 0.4) is 0 Å². The zero-order valence-corrected chi connectivity index (χ0v) is 24.2. The summed E-state index contributed by atoms with van der Waals surface area (Å²) in [5.41, 5.74) is 6.40. The highest BCUT2D eigenvalue weighted by Crippen LogP contribution is 2.44. The summed E-state index contributed by atoms with van der Waals surface area (Å²) in [7, 11) is 1.65. The van der Waals surface area contributed by atoms with Crippen LogP contribution in [0, 0.1) is 20.8 Å². The van der Waals surface area contributed by atoms with E-state index in [1.165, 1.54) is 0 Å². The standard InChI is InChI=1S/C33H31N5O2S/c1-21-8-17-30(35-20-21)37-22(2)19-28(23(37)3)32-31(29-7-5-6-18-34-29)36-33(41)38(32)24-9-11-26(12-10-24)40-27-15-13-25(39-4)14-16-27/h5-20,31-32H,1-4H3,(H,36,41)/t31-,32+/m1/s1. The van der Waals surface area contributed by atoms with Gasteiger partial charge in [-0.1, -0.05) is 12.1 Å². The average molecular weight is 562 g/mol. The quantitative estimate of drug-likeness (QED) is 0.211. The number of aryl methyl sites for hydroxylation is 2. The Kier molecular flexibility index (Phi) is 7.15. The molecule has 1 aliphatic rings. The number of nitrogens with zero attached hydrogens (tertiary/aromatic N) is 4. The number of pyridine rings is 2. The minimum Gasteiger partial charge on any atom is -0.497 e. The Morgan fingerprint density at radius 2 is 1.54 bits per heavy atom. The highest BCUT2D eigenvalue weighted by atomic mass is 32.1. The summed E-state index contributed by atoms with van der Waals surface area (Å²) in [6.45, 7) is 6.31. The van der Waals surface area contributed by atoms with Crippen LogP contribution in [0.4, 0.5) is 5.69 Å². The Morgan fingerprint density at radius 3 is 2.17 bits per heavy atom. The Balaban J connectivity index is 1.38.